The van der Waals surface area contributed by atoms with Crippen molar-refractivity contribution in [3.05, 3.63) is 65.8 Å². The maximum atomic E-state index is 2.34. The summed E-state index contributed by atoms with van der Waals surface area (Å²) in [5, 5.41) is 2.74. The number of allylic oxidation sites excluding steroid dienone is 4. The number of hydrogen-bond acceptors (Lipinski definition) is 0. The van der Waals surface area contributed by atoms with Crippen molar-refractivity contribution in [2.75, 3.05) is 0 Å². The van der Waals surface area contributed by atoms with Crippen molar-refractivity contribution in [3.63, 3.8) is 0 Å². The lowest BCUT2D eigenvalue weighted by molar-refractivity contribution is 0.924. The van der Waals surface area contributed by atoms with Gasteiger partial charge in [-0.25, -0.2) is 0 Å². The summed E-state index contributed by atoms with van der Waals surface area (Å²) in [6.45, 7) is 2.26. The molecule has 0 aromatic heterocycles. The van der Waals surface area contributed by atoms with Gasteiger partial charge in [0.05, 0.1) is 0 Å². The summed E-state index contributed by atoms with van der Waals surface area (Å²) in [5.41, 5.74) is 4.54. The van der Waals surface area contributed by atoms with E-state index in [1.165, 1.54) is 22.8 Å². The van der Waals surface area contributed by atoms with E-state index in [-0.39, 0.29) is 0 Å². The molecule has 2 unspecified atom stereocenters. The third kappa shape index (κ3) is 1.38. The molecule has 2 aliphatic rings. The standard InChI is InChI=1S/C18H16/c1-12-9-10-16(18-11-17(12)18)15-8-4-6-13-5-2-3-7-14(13)15/h2-10,17-18H,11H2,1H3. The van der Waals surface area contributed by atoms with E-state index in [2.05, 4.69) is 61.5 Å². The Labute approximate surface area is 108 Å². The van der Waals surface area contributed by atoms with E-state index in [9.17, 15) is 0 Å². The van der Waals surface area contributed by atoms with Gasteiger partial charge in [0.1, 0.15) is 0 Å². The molecule has 0 bridgehead atoms. The Hall–Kier alpha value is -1.82. The van der Waals surface area contributed by atoms with E-state index < -0.39 is 0 Å². The SMILES string of the molecule is CC1=CC=C(c2cccc3ccccc23)C2CC12. The normalized spacial score (nSPS) is 25.4. The minimum absolute atomic E-state index is 0.779. The summed E-state index contributed by atoms with van der Waals surface area (Å²) in [6.07, 6.45) is 5.99. The largest absolute Gasteiger partial charge is 0.0696 e. The molecule has 0 heterocycles. The van der Waals surface area contributed by atoms with E-state index in [4.69, 9.17) is 0 Å². The van der Waals surface area contributed by atoms with Crippen LogP contribution in [0.15, 0.2) is 60.2 Å². The van der Waals surface area contributed by atoms with Crippen LogP contribution in [0.25, 0.3) is 16.3 Å². The van der Waals surface area contributed by atoms with Gasteiger partial charge < -0.3 is 0 Å². The number of fused-ring (bicyclic) bond motifs is 2. The van der Waals surface area contributed by atoms with Crippen LogP contribution >= 0.6 is 0 Å². The monoisotopic (exact) mass is 232 g/mol. The molecule has 0 amide bonds. The summed E-state index contributed by atoms with van der Waals surface area (Å²) >= 11 is 0. The summed E-state index contributed by atoms with van der Waals surface area (Å²) in [5.74, 6) is 1.60. The van der Waals surface area contributed by atoms with E-state index in [0.29, 0.717) is 0 Å². The molecule has 0 radical (unpaired) electrons. The fourth-order valence-corrected chi connectivity index (χ4v) is 3.28. The number of hydrogen-bond donors (Lipinski definition) is 0. The van der Waals surface area contributed by atoms with Crippen LogP contribution < -0.4 is 0 Å². The van der Waals surface area contributed by atoms with Crippen LogP contribution in [-0.2, 0) is 0 Å². The third-order valence-corrected chi connectivity index (χ3v) is 4.40. The van der Waals surface area contributed by atoms with Gasteiger partial charge in [-0.05, 0) is 47.1 Å². The molecule has 1 saturated carbocycles. The lowest BCUT2D eigenvalue weighted by Gasteiger charge is -2.14. The maximum Gasteiger partial charge on any atom is -0.00840 e. The highest BCUT2D eigenvalue weighted by Crippen LogP contribution is 2.54. The van der Waals surface area contributed by atoms with E-state index >= 15 is 0 Å². The number of rotatable bonds is 1. The van der Waals surface area contributed by atoms with Crippen molar-refractivity contribution >= 4 is 16.3 Å². The lowest BCUT2D eigenvalue weighted by Crippen LogP contribution is -1.96. The van der Waals surface area contributed by atoms with Gasteiger partial charge in [0, 0.05) is 0 Å². The molecule has 0 heteroatoms. The Morgan fingerprint density at radius 3 is 2.67 bits per heavy atom. The van der Waals surface area contributed by atoms with Crippen LogP contribution in [0, 0.1) is 11.8 Å². The highest BCUT2D eigenvalue weighted by Gasteiger charge is 2.42. The predicted octanol–water partition coefficient (Wildman–Crippen LogP) is 4.82. The molecule has 0 N–H and O–H groups in total. The zero-order valence-corrected chi connectivity index (χ0v) is 10.6. The molecular formula is C18H16. The number of benzene rings is 2. The molecule has 2 aromatic rings. The van der Waals surface area contributed by atoms with Crippen LogP contribution in [0.2, 0.25) is 0 Å². The van der Waals surface area contributed by atoms with Crippen LogP contribution in [0.4, 0.5) is 0 Å². The Balaban J connectivity index is 1.94. The second-order valence-corrected chi connectivity index (χ2v) is 5.51. The molecule has 1 fully saturated rings. The van der Waals surface area contributed by atoms with Gasteiger partial charge in [0.25, 0.3) is 0 Å². The zero-order chi connectivity index (χ0) is 12.1. The summed E-state index contributed by atoms with van der Waals surface area (Å²) in [4.78, 5) is 0. The quantitative estimate of drug-likeness (QED) is 0.661. The molecule has 2 aromatic carbocycles. The minimum atomic E-state index is 0.779. The Morgan fingerprint density at radius 1 is 0.889 bits per heavy atom. The first-order valence-corrected chi connectivity index (χ1v) is 6.71. The average molecular weight is 232 g/mol. The summed E-state index contributed by atoms with van der Waals surface area (Å²) in [6, 6.07) is 15.4. The minimum Gasteiger partial charge on any atom is -0.0696 e. The molecule has 0 spiro atoms. The van der Waals surface area contributed by atoms with Crippen LogP contribution in [0.1, 0.15) is 18.9 Å². The van der Waals surface area contributed by atoms with Crippen molar-refractivity contribution in [2.24, 2.45) is 11.8 Å². The zero-order valence-electron chi connectivity index (χ0n) is 10.6. The highest BCUT2D eigenvalue weighted by molar-refractivity contribution is 5.95. The molecular weight excluding hydrogens is 216 g/mol. The van der Waals surface area contributed by atoms with Crippen molar-refractivity contribution in [3.8, 4) is 0 Å². The fraction of sp³-hybridized carbons (Fsp3) is 0.222. The van der Waals surface area contributed by atoms with Gasteiger partial charge in [-0.3, -0.25) is 0 Å². The highest BCUT2D eigenvalue weighted by atomic mass is 14.5. The first-order chi connectivity index (χ1) is 8.84. The fourth-order valence-electron chi connectivity index (χ4n) is 3.28. The van der Waals surface area contributed by atoms with E-state index in [1.807, 2.05) is 0 Å². The second-order valence-electron chi connectivity index (χ2n) is 5.51. The third-order valence-electron chi connectivity index (χ3n) is 4.40. The van der Waals surface area contributed by atoms with Gasteiger partial charge in [-0.15, -0.1) is 0 Å². The topological polar surface area (TPSA) is 0 Å². The molecule has 2 atom stereocenters. The second kappa shape index (κ2) is 3.58. The van der Waals surface area contributed by atoms with Crippen LogP contribution in [0.5, 0.6) is 0 Å². The molecule has 18 heavy (non-hydrogen) atoms. The van der Waals surface area contributed by atoms with Gasteiger partial charge >= 0.3 is 0 Å². The smallest absolute Gasteiger partial charge is 0.00840 e. The van der Waals surface area contributed by atoms with Gasteiger partial charge in [-0.1, -0.05) is 60.2 Å². The van der Waals surface area contributed by atoms with Crippen LogP contribution in [-0.4, -0.2) is 0 Å². The maximum absolute atomic E-state index is 2.34. The molecule has 4 rings (SSSR count). The van der Waals surface area contributed by atoms with Crippen molar-refractivity contribution in [1.82, 2.24) is 0 Å². The van der Waals surface area contributed by atoms with E-state index in [0.717, 1.165) is 11.8 Å². The molecule has 0 aliphatic heterocycles. The first kappa shape index (κ1) is 10.1. The van der Waals surface area contributed by atoms with Crippen molar-refractivity contribution < 1.29 is 0 Å². The molecule has 0 nitrogen and oxygen atoms in total. The van der Waals surface area contributed by atoms with Crippen molar-refractivity contribution in [1.29, 1.82) is 0 Å². The Morgan fingerprint density at radius 2 is 1.72 bits per heavy atom. The van der Waals surface area contributed by atoms with Crippen molar-refractivity contribution in [2.45, 2.75) is 13.3 Å². The van der Waals surface area contributed by atoms with Gasteiger partial charge in [0.2, 0.25) is 0 Å². The first-order valence-electron chi connectivity index (χ1n) is 6.71. The summed E-state index contributed by atoms with van der Waals surface area (Å²) in [7, 11) is 0. The molecule has 2 aliphatic carbocycles. The molecule has 0 saturated heterocycles. The van der Waals surface area contributed by atoms with Gasteiger partial charge in [-0.2, -0.15) is 0 Å². The summed E-state index contributed by atoms with van der Waals surface area (Å²) < 4.78 is 0. The van der Waals surface area contributed by atoms with Gasteiger partial charge in [0.15, 0.2) is 0 Å². The van der Waals surface area contributed by atoms with E-state index in [1.54, 1.807) is 11.1 Å². The lowest BCUT2D eigenvalue weighted by atomic mass is 9.90. The predicted molar refractivity (Wildman–Crippen MR) is 77.3 cm³/mol. The molecule has 88 valence electrons. The average Bonchev–Trinajstić information content (AvgIpc) is 3.20. The Kier molecular flexibility index (Phi) is 2.02. The van der Waals surface area contributed by atoms with Crippen LogP contribution in [0.3, 0.4) is 0 Å². The Bertz CT molecular complexity index is 683.